The van der Waals surface area contributed by atoms with Crippen LogP contribution >= 0.6 is 0 Å². The van der Waals surface area contributed by atoms with E-state index in [2.05, 4.69) is 4.98 Å². The lowest BCUT2D eigenvalue weighted by Gasteiger charge is -2.27. The highest BCUT2D eigenvalue weighted by molar-refractivity contribution is 5.83. The number of carbonyl (C=O) groups excluding carboxylic acids is 1. The van der Waals surface area contributed by atoms with Crippen molar-refractivity contribution < 1.29 is 27.4 Å². The highest BCUT2D eigenvalue weighted by atomic mass is 19.4. The van der Waals surface area contributed by atoms with E-state index in [1.165, 1.54) is 0 Å². The molecule has 1 amide bonds. The van der Waals surface area contributed by atoms with E-state index in [1.807, 2.05) is 47.1 Å². The Bertz CT molecular complexity index is 1170. The van der Waals surface area contributed by atoms with Gasteiger partial charge < -0.3 is 18.8 Å². The van der Waals surface area contributed by atoms with Crippen molar-refractivity contribution in [2.45, 2.75) is 12.6 Å². The number of benzene rings is 1. The number of rotatable bonds is 4. The third-order valence-corrected chi connectivity index (χ3v) is 5.24. The fourth-order valence-corrected chi connectivity index (χ4v) is 3.61. The summed E-state index contributed by atoms with van der Waals surface area (Å²) in [7, 11) is 3.14. The molecule has 9 heteroatoms. The first-order chi connectivity index (χ1) is 14.8. The second-order valence-corrected chi connectivity index (χ2v) is 7.11. The van der Waals surface area contributed by atoms with Crippen LogP contribution < -0.4 is 9.47 Å². The van der Waals surface area contributed by atoms with Crippen LogP contribution in [0, 0.1) is 0 Å². The van der Waals surface area contributed by atoms with Gasteiger partial charge in [0.15, 0.2) is 11.5 Å². The van der Waals surface area contributed by atoms with Gasteiger partial charge >= 0.3 is 12.1 Å². The molecule has 1 aliphatic heterocycles. The number of ether oxygens (including phenoxy) is 2. The molecule has 0 bridgehead atoms. The predicted molar refractivity (Wildman–Crippen MR) is 109 cm³/mol. The van der Waals surface area contributed by atoms with Crippen molar-refractivity contribution in [1.29, 1.82) is 0 Å². The Labute approximate surface area is 176 Å². The molecule has 4 rings (SSSR count). The number of aromatic nitrogens is 2. The maximum atomic E-state index is 12.6. The number of amides is 1. The molecular weight excluding hydrogens is 411 g/mol. The van der Waals surface area contributed by atoms with Gasteiger partial charge in [-0.25, -0.2) is 4.98 Å². The zero-order chi connectivity index (χ0) is 22.2. The molecule has 0 unspecified atom stereocenters. The summed E-state index contributed by atoms with van der Waals surface area (Å²) in [6.45, 7) is -0.0322. The van der Waals surface area contributed by atoms with Gasteiger partial charge in [-0.1, -0.05) is 6.08 Å². The van der Waals surface area contributed by atoms with Gasteiger partial charge in [0.2, 0.25) is 0 Å². The second-order valence-electron chi connectivity index (χ2n) is 7.11. The van der Waals surface area contributed by atoms with Crippen LogP contribution in [-0.2, 0) is 4.79 Å². The number of carbonyl (C=O) groups is 1. The molecule has 1 aliphatic rings. The minimum atomic E-state index is -4.85. The largest absolute Gasteiger partial charge is 0.493 e. The number of fused-ring (bicyclic) bond motifs is 1. The number of methoxy groups -OCH3 is 2. The van der Waals surface area contributed by atoms with Crippen molar-refractivity contribution in [2.75, 3.05) is 27.3 Å². The Morgan fingerprint density at radius 3 is 2.42 bits per heavy atom. The molecule has 162 valence electrons. The average molecular weight is 431 g/mol. The van der Waals surface area contributed by atoms with E-state index < -0.39 is 12.1 Å². The van der Waals surface area contributed by atoms with Gasteiger partial charge in [-0.15, -0.1) is 0 Å². The van der Waals surface area contributed by atoms with Crippen molar-refractivity contribution in [2.24, 2.45) is 0 Å². The highest BCUT2D eigenvalue weighted by Gasteiger charge is 2.42. The average Bonchev–Trinajstić information content (AvgIpc) is 3.21. The molecular formula is C22H20F3N3O3. The molecule has 0 aliphatic carbocycles. The molecule has 0 N–H and O–H groups in total. The van der Waals surface area contributed by atoms with Crippen molar-refractivity contribution in [3.63, 3.8) is 0 Å². The Balaban J connectivity index is 1.59. The van der Waals surface area contributed by atoms with E-state index in [4.69, 9.17) is 9.47 Å². The van der Waals surface area contributed by atoms with Gasteiger partial charge in [0, 0.05) is 31.0 Å². The summed E-state index contributed by atoms with van der Waals surface area (Å²) in [5.41, 5.74) is 4.12. The SMILES string of the molecule is COc1ccc(-c2cn3cc(C4=CCN(C(=O)C(F)(F)F)CC4)ccc3n2)cc1OC. The standard InChI is InChI=1S/C22H20F3N3O3/c1-30-18-5-3-15(11-19(18)31-2)17-13-28-12-16(4-6-20(28)26-17)14-7-9-27(10-8-14)21(29)22(23,24)25/h3-7,11-13H,8-10H2,1-2H3. The lowest BCUT2D eigenvalue weighted by Crippen LogP contribution is -2.43. The number of halogens is 3. The lowest BCUT2D eigenvalue weighted by atomic mass is 10.0. The van der Waals surface area contributed by atoms with Crippen LogP contribution in [0.2, 0.25) is 0 Å². The van der Waals surface area contributed by atoms with E-state index in [-0.39, 0.29) is 13.1 Å². The van der Waals surface area contributed by atoms with E-state index in [0.29, 0.717) is 17.9 Å². The number of pyridine rings is 1. The predicted octanol–water partition coefficient (Wildman–Crippen LogP) is 4.20. The first-order valence-corrected chi connectivity index (χ1v) is 9.57. The van der Waals surface area contributed by atoms with Crippen molar-refractivity contribution in [3.05, 3.63) is 54.4 Å². The summed E-state index contributed by atoms with van der Waals surface area (Å²) in [6, 6.07) is 9.28. The molecule has 0 fully saturated rings. The van der Waals surface area contributed by atoms with E-state index in [9.17, 15) is 18.0 Å². The fraction of sp³-hybridized carbons (Fsp3) is 0.273. The van der Waals surface area contributed by atoms with Crippen LogP contribution in [-0.4, -0.2) is 53.7 Å². The van der Waals surface area contributed by atoms with Gasteiger partial charge in [-0.2, -0.15) is 13.2 Å². The summed E-state index contributed by atoms with van der Waals surface area (Å²) >= 11 is 0. The molecule has 0 saturated carbocycles. The zero-order valence-corrected chi connectivity index (χ0v) is 16.9. The Kier molecular flexibility index (Phi) is 5.34. The minimum absolute atomic E-state index is 0.0308. The number of imidazole rings is 1. The van der Waals surface area contributed by atoms with E-state index >= 15 is 0 Å². The van der Waals surface area contributed by atoms with Gasteiger partial charge in [0.1, 0.15) is 5.65 Å². The molecule has 0 saturated heterocycles. The van der Waals surface area contributed by atoms with Crippen LogP contribution in [0.15, 0.2) is 48.8 Å². The summed E-state index contributed by atoms with van der Waals surface area (Å²) in [5.74, 6) is -0.574. The second kappa shape index (κ2) is 7.98. The van der Waals surface area contributed by atoms with Gasteiger partial charge in [-0.3, -0.25) is 4.79 Å². The first kappa shape index (κ1) is 20.8. The van der Waals surface area contributed by atoms with E-state index in [0.717, 1.165) is 32.9 Å². The number of nitrogens with zero attached hydrogens (tertiary/aromatic N) is 3. The summed E-state index contributed by atoms with van der Waals surface area (Å²) in [4.78, 5) is 16.8. The smallest absolute Gasteiger partial charge is 0.471 e. The first-order valence-electron chi connectivity index (χ1n) is 9.57. The Morgan fingerprint density at radius 2 is 1.77 bits per heavy atom. The topological polar surface area (TPSA) is 56.1 Å². The highest BCUT2D eigenvalue weighted by Crippen LogP contribution is 2.32. The molecule has 2 aromatic heterocycles. The van der Waals surface area contributed by atoms with Gasteiger partial charge in [-0.05, 0) is 47.9 Å². The van der Waals surface area contributed by atoms with Crippen LogP contribution in [0.4, 0.5) is 13.2 Å². The van der Waals surface area contributed by atoms with Crippen LogP contribution in [0.25, 0.3) is 22.5 Å². The quantitative estimate of drug-likeness (QED) is 0.622. The number of alkyl halides is 3. The summed E-state index contributed by atoms with van der Waals surface area (Å²) in [5, 5.41) is 0. The van der Waals surface area contributed by atoms with Gasteiger partial charge in [0.05, 0.1) is 19.9 Å². The molecule has 6 nitrogen and oxygen atoms in total. The maximum absolute atomic E-state index is 12.6. The number of hydrogen-bond donors (Lipinski definition) is 0. The molecule has 3 aromatic rings. The van der Waals surface area contributed by atoms with Crippen molar-refractivity contribution >= 4 is 17.1 Å². The number of hydrogen-bond acceptors (Lipinski definition) is 4. The van der Waals surface area contributed by atoms with Crippen molar-refractivity contribution in [1.82, 2.24) is 14.3 Å². The van der Waals surface area contributed by atoms with Crippen LogP contribution in [0.3, 0.4) is 0 Å². The van der Waals surface area contributed by atoms with Gasteiger partial charge in [0.25, 0.3) is 0 Å². The Hall–Kier alpha value is -3.49. The van der Waals surface area contributed by atoms with Crippen LogP contribution in [0.1, 0.15) is 12.0 Å². The lowest BCUT2D eigenvalue weighted by molar-refractivity contribution is -0.185. The van der Waals surface area contributed by atoms with Crippen molar-refractivity contribution in [3.8, 4) is 22.8 Å². The third-order valence-electron chi connectivity index (χ3n) is 5.24. The third kappa shape index (κ3) is 4.08. The molecule has 0 atom stereocenters. The molecule has 3 heterocycles. The summed E-state index contributed by atoms with van der Waals surface area (Å²) in [6.07, 6.45) is 0.940. The molecule has 31 heavy (non-hydrogen) atoms. The minimum Gasteiger partial charge on any atom is -0.493 e. The Morgan fingerprint density at radius 1 is 1.03 bits per heavy atom. The fourth-order valence-electron chi connectivity index (χ4n) is 3.61. The maximum Gasteiger partial charge on any atom is 0.471 e. The normalized spacial score (nSPS) is 14.5. The summed E-state index contributed by atoms with van der Waals surface area (Å²) < 4.78 is 50.4. The monoisotopic (exact) mass is 431 g/mol. The molecule has 0 spiro atoms. The molecule has 0 radical (unpaired) electrons. The van der Waals surface area contributed by atoms with E-state index in [1.54, 1.807) is 20.3 Å². The zero-order valence-electron chi connectivity index (χ0n) is 16.9. The van der Waals surface area contributed by atoms with Crippen LogP contribution in [0.5, 0.6) is 11.5 Å². The molecule has 1 aromatic carbocycles.